The first kappa shape index (κ1) is 13.8. The van der Waals surface area contributed by atoms with E-state index < -0.39 is 0 Å². The van der Waals surface area contributed by atoms with Crippen LogP contribution in [0.3, 0.4) is 0 Å². The molecular formula is C14H20N4O. The summed E-state index contributed by atoms with van der Waals surface area (Å²) in [6, 6.07) is 2.02. The molecule has 0 aliphatic heterocycles. The van der Waals surface area contributed by atoms with Crippen molar-refractivity contribution in [3.05, 3.63) is 18.1 Å². The number of aromatic nitrogens is 2. The van der Waals surface area contributed by atoms with E-state index in [2.05, 4.69) is 15.3 Å². The molecule has 2 atom stereocenters. The van der Waals surface area contributed by atoms with Gasteiger partial charge in [0, 0.05) is 18.9 Å². The van der Waals surface area contributed by atoms with Crippen molar-refractivity contribution in [1.82, 2.24) is 9.97 Å². The van der Waals surface area contributed by atoms with Crippen LogP contribution in [0.4, 0.5) is 5.82 Å². The van der Waals surface area contributed by atoms with E-state index in [0.717, 1.165) is 38.6 Å². The summed E-state index contributed by atoms with van der Waals surface area (Å²) in [5.74, 6) is 0.988. The van der Waals surface area contributed by atoms with E-state index >= 15 is 0 Å². The van der Waals surface area contributed by atoms with E-state index in [4.69, 9.17) is 5.26 Å². The molecule has 0 bridgehead atoms. The van der Waals surface area contributed by atoms with Crippen LogP contribution >= 0.6 is 0 Å². The monoisotopic (exact) mass is 260 g/mol. The molecule has 0 amide bonds. The summed E-state index contributed by atoms with van der Waals surface area (Å²) in [5, 5.41) is 21.9. The average Bonchev–Trinajstić information content (AvgIpc) is 2.45. The lowest BCUT2D eigenvalue weighted by Crippen LogP contribution is -2.24. The number of rotatable bonds is 5. The SMILES string of the molecule is N#Cc1nccnc1NCCCC1CCCCC1O. The topological polar surface area (TPSA) is 81.8 Å². The first-order valence-corrected chi connectivity index (χ1v) is 6.94. The van der Waals surface area contributed by atoms with Gasteiger partial charge in [0.1, 0.15) is 6.07 Å². The first-order valence-electron chi connectivity index (χ1n) is 6.94. The van der Waals surface area contributed by atoms with Crippen LogP contribution in [0.15, 0.2) is 12.4 Å². The summed E-state index contributed by atoms with van der Waals surface area (Å²) in [5.41, 5.74) is 0.334. The zero-order chi connectivity index (χ0) is 13.5. The van der Waals surface area contributed by atoms with Crippen LogP contribution in [0.1, 0.15) is 44.2 Å². The number of nitrogens with one attached hydrogen (secondary N) is 1. The number of nitrogens with zero attached hydrogens (tertiary/aromatic N) is 3. The molecule has 2 N–H and O–H groups in total. The second-order valence-electron chi connectivity index (χ2n) is 5.05. The van der Waals surface area contributed by atoms with Gasteiger partial charge >= 0.3 is 0 Å². The van der Waals surface area contributed by atoms with Gasteiger partial charge in [-0.2, -0.15) is 5.26 Å². The van der Waals surface area contributed by atoms with Gasteiger partial charge in [-0.05, 0) is 31.6 Å². The highest BCUT2D eigenvalue weighted by Crippen LogP contribution is 2.27. The molecule has 1 aliphatic rings. The summed E-state index contributed by atoms with van der Waals surface area (Å²) < 4.78 is 0. The Morgan fingerprint density at radius 3 is 2.89 bits per heavy atom. The standard InChI is InChI=1S/C14H20N4O/c15-10-12-14(18-9-8-16-12)17-7-3-5-11-4-1-2-6-13(11)19/h8-9,11,13,19H,1-7H2,(H,17,18). The Hall–Kier alpha value is -1.67. The third-order valence-electron chi connectivity index (χ3n) is 3.72. The average molecular weight is 260 g/mol. The van der Waals surface area contributed by atoms with E-state index in [1.165, 1.54) is 12.6 Å². The van der Waals surface area contributed by atoms with Crippen molar-refractivity contribution in [3.8, 4) is 6.07 Å². The summed E-state index contributed by atoms with van der Waals surface area (Å²) in [6.45, 7) is 0.761. The molecule has 1 aromatic rings. The van der Waals surface area contributed by atoms with Gasteiger partial charge in [0.05, 0.1) is 6.10 Å². The zero-order valence-corrected chi connectivity index (χ0v) is 11.0. The molecule has 5 nitrogen and oxygen atoms in total. The second-order valence-corrected chi connectivity index (χ2v) is 5.05. The highest BCUT2D eigenvalue weighted by molar-refractivity contribution is 5.46. The van der Waals surface area contributed by atoms with Crippen LogP contribution in [0, 0.1) is 17.2 Å². The summed E-state index contributed by atoms with van der Waals surface area (Å²) in [4.78, 5) is 8.06. The third-order valence-corrected chi connectivity index (χ3v) is 3.72. The van der Waals surface area contributed by atoms with E-state index in [1.54, 1.807) is 6.20 Å². The van der Waals surface area contributed by atoms with Crippen LogP contribution in [0.5, 0.6) is 0 Å². The van der Waals surface area contributed by atoms with Crippen molar-refractivity contribution < 1.29 is 5.11 Å². The number of nitriles is 1. The van der Waals surface area contributed by atoms with Crippen molar-refractivity contribution in [3.63, 3.8) is 0 Å². The van der Waals surface area contributed by atoms with Crippen molar-refractivity contribution in [1.29, 1.82) is 5.26 Å². The fourth-order valence-electron chi connectivity index (χ4n) is 2.65. The van der Waals surface area contributed by atoms with Crippen molar-refractivity contribution >= 4 is 5.82 Å². The molecule has 2 rings (SSSR count). The van der Waals surface area contributed by atoms with Gasteiger partial charge in [-0.15, -0.1) is 0 Å². The van der Waals surface area contributed by atoms with Crippen molar-refractivity contribution in [2.45, 2.75) is 44.6 Å². The third kappa shape index (κ3) is 3.90. The molecule has 5 heteroatoms. The van der Waals surface area contributed by atoms with E-state index in [0.29, 0.717) is 17.4 Å². The number of hydrogen-bond acceptors (Lipinski definition) is 5. The van der Waals surface area contributed by atoms with Crippen LogP contribution in [0.25, 0.3) is 0 Å². The Balaban J connectivity index is 1.73. The lowest BCUT2D eigenvalue weighted by molar-refractivity contribution is 0.0648. The first-order chi connectivity index (χ1) is 9.31. The summed E-state index contributed by atoms with van der Waals surface area (Å²) in [6.07, 6.45) is 9.44. The highest BCUT2D eigenvalue weighted by atomic mass is 16.3. The Labute approximate surface area is 113 Å². The minimum Gasteiger partial charge on any atom is -0.393 e. The number of aliphatic hydroxyl groups excluding tert-OH is 1. The summed E-state index contributed by atoms with van der Waals surface area (Å²) >= 11 is 0. The van der Waals surface area contributed by atoms with Crippen molar-refractivity contribution in [2.75, 3.05) is 11.9 Å². The molecule has 0 aromatic carbocycles. The van der Waals surface area contributed by atoms with Crippen LogP contribution in [-0.2, 0) is 0 Å². The van der Waals surface area contributed by atoms with E-state index in [9.17, 15) is 5.11 Å². The molecule has 0 spiro atoms. The molecule has 1 aliphatic carbocycles. The zero-order valence-electron chi connectivity index (χ0n) is 11.0. The molecular weight excluding hydrogens is 240 g/mol. The number of aliphatic hydroxyl groups is 1. The van der Waals surface area contributed by atoms with E-state index in [1.807, 2.05) is 6.07 Å². The predicted molar refractivity (Wildman–Crippen MR) is 72.4 cm³/mol. The molecule has 1 aromatic heterocycles. The Kier molecular flexibility index (Phi) is 5.10. The van der Waals surface area contributed by atoms with E-state index in [-0.39, 0.29) is 6.10 Å². The van der Waals surface area contributed by atoms with Crippen LogP contribution in [-0.4, -0.2) is 27.7 Å². The molecule has 1 fully saturated rings. The van der Waals surface area contributed by atoms with Gasteiger partial charge in [0.15, 0.2) is 11.5 Å². The fourth-order valence-corrected chi connectivity index (χ4v) is 2.65. The second kappa shape index (κ2) is 7.05. The highest BCUT2D eigenvalue weighted by Gasteiger charge is 2.22. The molecule has 1 saturated carbocycles. The largest absolute Gasteiger partial charge is 0.393 e. The summed E-state index contributed by atoms with van der Waals surface area (Å²) in [7, 11) is 0. The maximum Gasteiger partial charge on any atom is 0.182 e. The van der Waals surface area contributed by atoms with Gasteiger partial charge in [-0.3, -0.25) is 0 Å². The smallest absolute Gasteiger partial charge is 0.182 e. The van der Waals surface area contributed by atoms with Gasteiger partial charge in [-0.1, -0.05) is 12.8 Å². The van der Waals surface area contributed by atoms with Gasteiger partial charge in [0.2, 0.25) is 0 Å². The Bertz CT molecular complexity index is 443. The maximum atomic E-state index is 9.88. The predicted octanol–water partition coefficient (Wildman–Crippen LogP) is 2.09. The van der Waals surface area contributed by atoms with Crippen LogP contribution < -0.4 is 5.32 Å². The Morgan fingerprint density at radius 2 is 2.11 bits per heavy atom. The Morgan fingerprint density at radius 1 is 1.32 bits per heavy atom. The molecule has 2 unspecified atom stereocenters. The molecule has 0 radical (unpaired) electrons. The van der Waals surface area contributed by atoms with Gasteiger partial charge in [-0.25, -0.2) is 9.97 Å². The lowest BCUT2D eigenvalue weighted by Gasteiger charge is -2.27. The molecule has 19 heavy (non-hydrogen) atoms. The number of anilines is 1. The quantitative estimate of drug-likeness (QED) is 0.792. The van der Waals surface area contributed by atoms with Crippen LogP contribution in [0.2, 0.25) is 0 Å². The molecule has 0 saturated heterocycles. The normalized spacial score (nSPS) is 22.7. The molecule has 1 heterocycles. The minimum atomic E-state index is -0.125. The fraction of sp³-hybridized carbons (Fsp3) is 0.643. The van der Waals surface area contributed by atoms with Crippen molar-refractivity contribution in [2.24, 2.45) is 5.92 Å². The minimum absolute atomic E-state index is 0.125. The van der Waals surface area contributed by atoms with Gasteiger partial charge < -0.3 is 10.4 Å². The maximum absolute atomic E-state index is 9.88. The molecule has 102 valence electrons. The lowest BCUT2D eigenvalue weighted by atomic mass is 9.83. The number of hydrogen-bond donors (Lipinski definition) is 2. The van der Waals surface area contributed by atoms with Gasteiger partial charge in [0.25, 0.3) is 0 Å².